The summed E-state index contributed by atoms with van der Waals surface area (Å²) >= 11 is 0. The smallest absolute Gasteiger partial charge is 0.407 e. The number of aryl methyl sites for hydroxylation is 1. The Bertz CT molecular complexity index is 672. The molecule has 23 heavy (non-hydrogen) atoms. The van der Waals surface area contributed by atoms with Gasteiger partial charge >= 0.3 is 6.09 Å². The van der Waals surface area contributed by atoms with Crippen LogP contribution in [-0.2, 0) is 11.3 Å². The van der Waals surface area contributed by atoms with Crippen LogP contribution in [0.3, 0.4) is 0 Å². The number of rotatable bonds is 6. The maximum Gasteiger partial charge on any atom is 0.407 e. The Hall–Kier alpha value is -2.69. The molecule has 0 bridgehead atoms. The van der Waals surface area contributed by atoms with Gasteiger partial charge in [-0.25, -0.2) is 9.78 Å². The number of alkyl carbamates (subject to hydrolysis) is 1. The van der Waals surface area contributed by atoms with Crippen LogP contribution in [0, 0.1) is 12.9 Å². The summed E-state index contributed by atoms with van der Waals surface area (Å²) in [5.41, 5.74) is 2.44. The van der Waals surface area contributed by atoms with E-state index in [1.165, 1.54) is 6.07 Å². The number of hydrogen-bond donors (Lipinski definition) is 1. The van der Waals surface area contributed by atoms with Crippen molar-refractivity contribution in [2.24, 2.45) is 0 Å². The first-order valence-corrected chi connectivity index (χ1v) is 7.39. The lowest BCUT2D eigenvalue weighted by molar-refractivity contribution is 0.140. The molecule has 1 amide bonds. The van der Waals surface area contributed by atoms with Crippen LogP contribution in [0.15, 0.2) is 48.5 Å². The minimum absolute atomic E-state index is 0.253. The quantitative estimate of drug-likeness (QED) is 0.650. The first-order chi connectivity index (χ1) is 11.1. The topological polar surface area (TPSA) is 51.2 Å². The van der Waals surface area contributed by atoms with Gasteiger partial charge in [0.15, 0.2) is 0 Å². The minimum Gasteiger partial charge on any atom is -0.445 e. The predicted molar refractivity (Wildman–Crippen MR) is 87.2 cm³/mol. The fourth-order valence-corrected chi connectivity index (χ4v) is 1.96. The summed E-state index contributed by atoms with van der Waals surface area (Å²) in [5.74, 6) is -0.484. The molecule has 0 aliphatic heterocycles. The SMILES string of the molecule is Cc1nc(F)ccc1C=CCCNC(=O)OCc1ccccc1. The molecule has 0 aliphatic carbocycles. The van der Waals surface area contributed by atoms with E-state index in [-0.39, 0.29) is 6.61 Å². The maximum absolute atomic E-state index is 12.9. The summed E-state index contributed by atoms with van der Waals surface area (Å²) in [6.07, 6.45) is 3.97. The second-order valence-electron chi connectivity index (χ2n) is 4.99. The number of benzene rings is 1. The normalized spacial score (nSPS) is 10.7. The Kier molecular flexibility index (Phi) is 6.29. The molecule has 1 aromatic carbocycles. The average Bonchev–Trinajstić information content (AvgIpc) is 2.55. The molecule has 2 aromatic rings. The lowest BCUT2D eigenvalue weighted by Gasteiger charge is -2.06. The first-order valence-electron chi connectivity index (χ1n) is 7.39. The van der Waals surface area contributed by atoms with Crippen LogP contribution < -0.4 is 5.32 Å². The number of nitrogens with one attached hydrogen (secondary N) is 1. The number of hydrogen-bond acceptors (Lipinski definition) is 3. The van der Waals surface area contributed by atoms with Gasteiger partial charge in [0.1, 0.15) is 6.61 Å². The van der Waals surface area contributed by atoms with Gasteiger partial charge in [-0.3, -0.25) is 0 Å². The zero-order valence-corrected chi connectivity index (χ0v) is 13.0. The predicted octanol–water partition coefficient (Wildman–Crippen LogP) is 3.86. The molecule has 2 rings (SSSR count). The van der Waals surface area contributed by atoms with Gasteiger partial charge in [0.05, 0.1) is 0 Å². The Balaban J connectivity index is 1.66. The highest BCUT2D eigenvalue weighted by molar-refractivity contribution is 5.67. The molecule has 0 unspecified atom stereocenters. The standard InChI is InChI=1S/C18H19FN2O2/c1-14-16(10-11-17(19)21-14)9-5-6-12-20-18(22)23-13-15-7-3-2-4-8-15/h2-5,7-11H,6,12-13H2,1H3,(H,20,22). The third-order valence-electron chi connectivity index (χ3n) is 3.18. The van der Waals surface area contributed by atoms with Crippen molar-refractivity contribution in [2.45, 2.75) is 20.0 Å². The zero-order chi connectivity index (χ0) is 16.5. The summed E-state index contributed by atoms with van der Waals surface area (Å²) in [7, 11) is 0. The molecule has 0 saturated carbocycles. The number of carbonyl (C=O) groups is 1. The average molecular weight is 314 g/mol. The molecule has 5 heteroatoms. The molecule has 1 aromatic heterocycles. The van der Waals surface area contributed by atoms with Crippen molar-refractivity contribution in [3.63, 3.8) is 0 Å². The molecule has 120 valence electrons. The van der Waals surface area contributed by atoms with Crippen LogP contribution in [0.25, 0.3) is 6.08 Å². The third kappa shape index (κ3) is 5.90. The highest BCUT2D eigenvalue weighted by Gasteiger charge is 2.01. The number of nitrogens with zero attached hydrogens (tertiary/aromatic N) is 1. The number of pyridine rings is 1. The Morgan fingerprint density at radius 2 is 2.04 bits per heavy atom. The summed E-state index contributed by atoms with van der Waals surface area (Å²) < 4.78 is 18.0. The van der Waals surface area contributed by atoms with Crippen LogP contribution in [0.1, 0.15) is 23.2 Å². The summed E-state index contributed by atoms with van der Waals surface area (Å²) in [6.45, 7) is 2.47. The van der Waals surface area contributed by atoms with E-state index in [9.17, 15) is 9.18 Å². The molecule has 4 nitrogen and oxygen atoms in total. The van der Waals surface area contributed by atoms with Gasteiger partial charge in [0.2, 0.25) is 5.95 Å². The minimum atomic E-state index is -0.484. The van der Waals surface area contributed by atoms with Crippen molar-refractivity contribution in [2.75, 3.05) is 6.54 Å². The molecule has 1 N–H and O–H groups in total. The van der Waals surface area contributed by atoms with Crippen molar-refractivity contribution in [3.8, 4) is 0 Å². The van der Waals surface area contributed by atoms with Crippen LogP contribution in [0.4, 0.5) is 9.18 Å². The van der Waals surface area contributed by atoms with Crippen molar-refractivity contribution in [3.05, 3.63) is 71.3 Å². The van der Waals surface area contributed by atoms with E-state index in [4.69, 9.17) is 4.74 Å². The van der Waals surface area contributed by atoms with E-state index in [0.717, 1.165) is 11.1 Å². The Morgan fingerprint density at radius 3 is 2.78 bits per heavy atom. The molecule has 0 fully saturated rings. The molecular weight excluding hydrogens is 295 g/mol. The largest absolute Gasteiger partial charge is 0.445 e. The van der Waals surface area contributed by atoms with Gasteiger partial charge in [-0.15, -0.1) is 0 Å². The van der Waals surface area contributed by atoms with Crippen LogP contribution in [0.2, 0.25) is 0 Å². The number of carbonyl (C=O) groups excluding carboxylic acids is 1. The third-order valence-corrected chi connectivity index (χ3v) is 3.18. The molecular formula is C18H19FN2O2. The number of halogens is 1. The van der Waals surface area contributed by atoms with E-state index < -0.39 is 12.0 Å². The van der Waals surface area contributed by atoms with Gasteiger partial charge in [0.25, 0.3) is 0 Å². The lowest BCUT2D eigenvalue weighted by atomic mass is 10.2. The van der Waals surface area contributed by atoms with Crippen molar-refractivity contribution in [1.29, 1.82) is 0 Å². The van der Waals surface area contributed by atoms with E-state index in [2.05, 4.69) is 10.3 Å². The van der Waals surface area contributed by atoms with Crippen molar-refractivity contribution in [1.82, 2.24) is 10.3 Å². The number of amides is 1. The zero-order valence-electron chi connectivity index (χ0n) is 13.0. The van der Waals surface area contributed by atoms with Crippen molar-refractivity contribution >= 4 is 12.2 Å². The summed E-state index contributed by atoms with van der Waals surface area (Å²) in [4.78, 5) is 15.3. The first kappa shape index (κ1) is 16.7. The van der Waals surface area contributed by atoms with Crippen LogP contribution in [0.5, 0.6) is 0 Å². The second kappa shape index (κ2) is 8.68. The molecule has 0 spiro atoms. The second-order valence-corrected chi connectivity index (χ2v) is 4.99. The molecule has 0 aliphatic rings. The fraction of sp³-hybridized carbons (Fsp3) is 0.222. The van der Waals surface area contributed by atoms with Gasteiger partial charge in [0, 0.05) is 12.2 Å². The van der Waals surface area contributed by atoms with Gasteiger partial charge in [-0.1, -0.05) is 42.5 Å². The van der Waals surface area contributed by atoms with E-state index in [1.54, 1.807) is 13.0 Å². The Morgan fingerprint density at radius 1 is 1.26 bits per heavy atom. The van der Waals surface area contributed by atoms with E-state index in [1.807, 2.05) is 42.5 Å². The summed E-state index contributed by atoms with van der Waals surface area (Å²) in [6, 6.07) is 12.5. The highest BCUT2D eigenvalue weighted by atomic mass is 19.1. The van der Waals surface area contributed by atoms with E-state index >= 15 is 0 Å². The highest BCUT2D eigenvalue weighted by Crippen LogP contribution is 2.08. The van der Waals surface area contributed by atoms with Crippen LogP contribution in [-0.4, -0.2) is 17.6 Å². The molecule has 0 radical (unpaired) electrons. The van der Waals surface area contributed by atoms with Crippen molar-refractivity contribution < 1.29 is 13.9 Å². The molecule has 1 heterocycles. The molecule has 0 saturated heterocycles. The lowest BCUT2D eigenvalue weighted by Crippen LogP contribution is -2.24. The van der Waals surface area contributed by atoms with Gasteiger partial charge in [-0.05, 0) is 36.6 Å². The summed E-state index contributed by atoms with van der Waals surface area (Å²) in [5, 5.41) is 2.67. The van der Waals surface area contributed by atoms with Gasteiger partial charge < -0.3 is 10.1 Å². The fourth-order valence-electron chi connectivity index (χ4n) is 1.96. The molecule has 0 atom stereocenters. The Labute approximate surface area is 135 Å². The van der Waals surface area contributed by atoms with E-state index in [0.29, 0.717) is 18.7 Å². The van der Waals surface area contributed by atoms with Gasteiger partial charge in [-0.2, -0.15) is 4.39 Å². The number of aromatic nitrogens is 1. The monoisotopic (exact) mass is 314 g/mol. The maximum atomic E-state index is 12.9. The number of ether oxygens (including phenoxy) is 1. The van der Waals surface area contributed by atoms with Crippen LogP contribution >= 0.6 is 0 Å².